The lowest BCUT2D eigenvalue weighted by Crippen LogP contribution is -2.47. The van der Waals surface area contributed by atoms with Gasteiger partial charge in [-0.25, -0.2) is 9.59 Å². The number of nitrogens with one attached hydrogen (secondary N) is 1. The van der Waals surface area contributed by atoms with E-state index in [2.05, 4.69) is 12.2 Å². The molecule has 5 nitrogen and oxygen atoms in total. The molecule has 0 aliphatic carbocycles. The lowest BCUT2D eigenvalue weighted by Gasteiger charge is -2.36. The zero-order chi connectivity index (χ0) is 15.6. The number of rotatable bonds is 2. The highest BCUT2D eigenvalue weighted by molar-refractivity contribution is 6.01. The second kappa shape index (κ2) is 6.16. The van der Waals surface area contributed by atoms with Gasteiger partial charge in [0.05, 0.1) is 11.3 Å². The van der Waals surface area contributed by atoms with Crippen molar-refractivity contribution >= 4 is 17.7 Å². The summed E-state index contributed by atoms with van der Waals surface area (Å²) in [6, 6.07) is 4.95. The molecule has 1 saturated heterocycles. The average Bonchev–Trinajstić information content (AvgIpc) is 2.43. The van der Waals surface area contributed by atoms with Crippen molar-refractivity contribution in [1.82, 2.24) is 4.90 Å². The second-order valence-corrected chi connectivity index (χ2v) is 5.92. The van der Waals surface area contributed by atoms with Crippen LogP contribution in [0.4, 0.5) is 10.5 Å². The van der Waals surface area contributed by atoms with Gasteiger partial charge in [0.1, 0.15) is 0 Å². The molecule has 2 unspecified atom stereocenters. The van der Waals surface area contributed by atoms with Crippen molar-refractivity contribution in [3.05, 3.63) is 29.3 Å². The van der Waals surface area contributed by atoms with Gasteiger partial charge in [-0.05, 0) is 44.2 Å². The molecule has 0 spiro atoms. The molecule has 2 atom stereocenters. The molecule has 0 saturated carbocycles. The number of carbonyl (C=O) groups is 2. The Labute approximate surface area is 125 Å². The van der Waals surface area contributed by atoms with Crippen molar-refractivity contribution in [1.29, 1.82) is 0 Å². The SMILES string of the molecule is Cc1cccc(C(=O)O)c1NC(=O)N1CC(C)CCC1C. The van der Waals surface area contributed by atoms with Crippen LogP contribution in [0, 0.1) is 12.8 Å². The first-order chi connectivity index (χ1) is 9.90. The molecule has 2 amide bonds. The van der Waals surface area contributed by atoms with Crippen LogP contribution in [0.15, 0.2) is 18.2 Å². The quantitative estimate of drug-likeness (QED) is 0.877. The molecule has 2 rings (SSSR count). The van der Waals surface area contributed by atoms with Gasteiger partial charge >= 0.3 is 12.0 Å². The standard InChI is InChI=1S/C16H22N2O3/c1-10-7-8-12(3)18(9-10)16(21)17-14-11(2)5-4-6-13(14)15(19)20/h4-6,10,12H,7-9H2,1-3H3,(H,17,21)(H,19,20). The molecule has 5 heteroatoms. The van der Waals surface area contributed by atoms with Crippen molar-refractivity contribution in [2.24, 2.45) is 5.92 Å². The predicted octanol–water partition coefficient (Wildman–Crippen LogP) is 3.35. The van der Waals surface area contributed by atoms with Gasteiger partial charge in [0.15, 0.2) is 0 Å². The topological polar surface area (TPSA) is 69.6 Å². The average molecular weight is 290 g/mol. The number of carboxylic acids is 1. The number of hydrogen-bond donors (Lipinski definition) is 2. The predicted molar refractivity (Wildman–Crippen MR) is 81.7 cm³/mol. The summed E-state index contributed by atoms with van der Waals surface area (Å²) in [4.78, 5) is 25.6. The highest BCUT2D eigenvalue weighted by atomic mass is 16.4. The maximum absolute atomic E-state index is 12.5. The van der Waals surface area contributed by atoms with Crippen molar-refractivity contribution in [2.45, 2.75) is 39.7 Å². The zero-order valence-corrected chi connectivity index (χ0v) is 12.7. The van der Waals surface area contributed by atoms with Gasteiger partial charge in [-0.15, -0.1) is 0 Å². The second-order valence-electron chi connectivity index (χ2n) is 5.92. The van der Waals surface area contributed by atoms with E-state index in [1.54, 1.807) is 24.0 Å². The molecule has 1 aromatic rings. The fraction of sp³-hybridized carbons (Fsp3) is 0.500. The maximum Gasteiger partial charge on any atom is 0.337 e. The van der Waals surface area contributed by atoms with Crippen molar-refractivity contribution in [3.63, 3.8) is 0 Å². The molecular weight excluding hydrogens is 268 g/mol. The van der Waals surface area contributed by atoms with Crippen LogP contribution in [-0.2, 0) is 0 Å². The lowest BCUT2D eigenvalue weighted by atomic mass is 9.95. The van der Waals surface area contributed by atoms with Crippen LogP contribution in [0.25, 0.3) is 0 Å². The number of carboxylic acid groups (broad SMARTS) is 1. The minimum absolute atomic E-state index is 0.126. The number of piperidine rings is 1. The fourth-order valence-electron chi connectivity index (χ4n) is 2.76. The molecule has 1 aliphatic heterocycles. The molecule has 1 heterocycles. The number of hydrogen-bond acceptors (Lipinski definition) is 2. The summed E-state index contributed by atoms with van der Waals surface area (Å²) in [5, 5.41) is 12.0. The molecule has 114 valence electrons. The minimum Gasteiger partial charge on any atom is -0.478 e. The number of urea groups is 1. The number of para-hydroxylation sites is 1. The number of benzene rings is 1. The van der Waals surface area contributed by atoms with Crippen LogP contribution in [0.1, 0.15) is 42.6 Å². The number of likely N-dealkylation sites (tertiary alicyclic amines) is 1. The number of aromatic carboxylic acids is 1. The Morgan fingerprint density at radius 1 is 1.29 bits per heavy atom. The Balaban J connectivity index is 2.21. The van der Waals surface area contributed by atoms with Crippen LogP contribution >= 0.6 is 0 Å². The summed E-state index contributed by atoms with van der Waals surface area (Å²) < 4.78 is 0. The maximum atomic E-state index is 12.5. The summed E-state index contributed by atoms with van der Waals surface area (Å²) in [5.74, 6) is -0.558. The Bertz CT molecular complexity index is 556. The number of anilines is 1. The fourth-order valence-corrected chi connectivity index (χ4v) is 2.76. The molecule has 0 aromatic heterocycles. The summed E-state index contributed by atoms with van der Waals surface area (Å²) in [5.41, 5.74) is 1.27. The van der Waals surface area contributed by atoms with E-state index in [-0.39, 0.29) is 17.6 Å². The van der Waals surface area contributed by atoms with Crippen LogP contribution in [-0.4, -0.2) is 34.6 Å². The van der Waals surface area contributed by atoms with Gasteiger partial charge in [0.25, 0.3) is 0 Å². The van der Waals surface area contributed by atoms with E-state index >= 15 is 0 Å². The van der Waals surface area contributed by atoms with Crippen LogP contribution in [0.2, 0.25) is 0 Å². The molecule has 1 aromatic carbocycles. The van der Waals surface area contributed by atoms with Gasteiger partial charge in [0.2, 0.25) is 0 Å². The van der Waals surface area contributed by atoms with Gasteiger partial charge in [-0.1, -0.05) is 19.1 Å². The Morgan fingerprint density at radius 2 is 2.00 bits per heavy atom. The molecule has 1 aliphatic rings. The molecule has 0 radical (unpaired) electrons. The monoisotopic (exact) mass is 290 g/mol. The van der Waals surface area contributed by atoms with Gasteiger partial charge in [-0.3, -0.25) is 0 Å². The van der Waals surface area contributed by atoms with E-state index in [9.17, 15) is 14.7 Å². The summed E-state index contributed by atoms with van der Waals surface area (Å²) in [7, 11) is 0. The Hall–Kier alpha value is -2.04. The van der Waals surface area contributed by atoms with Crippen molar-refractivity contribution in [3.8, 4) is 0 Å². The third-order valence-electron chi connectivity index (χ3n) is 4.11. The first-order valence-electron chi connectivity index (χ1n) is 7.30. The molecule has 2 N–H and O–H groups in total. The number of carbonyl (C=O) groups excluding carboxylic acids is 1. The first-order valence-corrected chi connectivity index (χ1v) is 7.30. The van der Waals surface area contributed by atoms with E-state index in [1.165, 1.54) is 6.07 Å². The molecule has 1 fully saturated rings. The van der Waals surface area contributed by atoms with Gasteiger partial charge < -0.3 is 15.3 Å². The van der Waals surface area contributed by atoms with E-state index < -0.39 is 5.97 Å². The van der Waals surface area contributed by atoms with Crippen molar-refractivity contribution in [2.75, 3.05) is 11.9 Å². The van der Waals surface area contributed by atoms with Gasteiger partial charge in [0, 0.05) is 12.6 Å². The smallest absolute Gasteiger partial charge is 0.337 e. The first kappa shape index (κ1) is 15.4. The summed E-state index contributed by atoms with van der Waals surface area (Å²) in [6.07, 6.45) is 2.10. The summed E-state index contributed by atoms with van der Waals surface area (Å²) >= 11 is 0. The van der Waals surface area contributed by atoms with E-state index in [4.69, 9.17) is 0 Å². The van der Waals surface area contributed by atoms with Crippen LogP contribution in [0.3, 0.4) is 0 Å². The number of nitrogens with zero attached hydrogens (tertiary/aromatic N) is 1. The van der Waals surface area contributed by atoms with E-state index in [0.717, 1.165) is 18.4 Å². The Kier molecular flexibility index (Phi) is 4.50. The highest BCUT2D eigenvalue weighted by Crippen LogP contribution is 2.25. The number of amides is 2. The Morgan fingerprint density at radius 3 is 2.67 bits per heavy atom. The van der Waals surface area contributed by atoms with Crippen LogP contribution < -0.4 is 5.32 Å². The largest absolute Gasteiger partial charge is 0.478 e. The molecule has 21 heavy (non-hydrogen) atoms. The van der Waals surface area contributed by atoms with E-state index in [1.807, 2.05) is 6.92 Å². The molecular formula is C16H22N2O3. The third kappa shape index (κ3) is 3.35. The zero-order valence-electron chi connectivity index (χ0n) is 12.7. The highest BCUT2D eigenvalue weighted by Gasteiger charge is 2.27. The minimum atomic E-state index is -1.03. The summed E-state index contributed by atoms with van der Waals surface area (Å²) in [6.45, 7) is 6.66. The normalized spacial score (nSPS) is 22.0. The van der Waals surface area contributed by atoms with Gasteiger partial charge in [-0.2, -0.15) is 0 Å². The lowest BCUT2D eigenvalue weighted by molar-refractivity contribution is 0.0698. The third-order valence-corrected chi connectivity index (χ3v) is 4.11. The molecule has 0 bridgehead atoms. The van der Waals surface area contributed by atoms with Crippen LogP contribution in [0.5, 0.6) is 0 Å². The van der Waals surface area contributed by atoms with E-state index in [0.29, 0.717) is 18.2 Å². The number of aryl methyl sites for hydroxylation is 1. The van der Waals surface area contributed by atoms with Crippen molar-refractivity contribution < 1.29 is 14.7 Å².